The monoisotopic (exact) mass is 468 g/mol. The van der Waals surface area contributed by atoms with Gasteiger partial charge in [-0.3, -0.25) is 0 Å². The number of esters is 1. The smallest absolute Gasteiger partial charge is 0.337 e. The Bertz CT molecular complexity index is 848. The van der Waals surface area contributed by atoms with E-state index in [1.807, 2.05) is 33.8 Å². The van der Waals surface area contributed by atoms with E-state index in [0.717, 1.165) is 5.57 Å². The predicted molar refractivity (Wildman–Crippen MR) is 110 cm³/mol. The summed E-state index contributed by atoms with van der Waals surface area (Å²) in [5.41, 5.74) is 1.17. The SMILES string of the molecule is COC(=O)C1=CO[C@@H](O[C@@H]2O[C@@H]3COC(C)(C)O[C@H]3[C@@H]3OC(C)(C)O[C@@H]23)[C@@H]2C(CO)=CC[C@H]12. The van der Waals surface area contributed by atoms with Crippen LogP contribution in [0.2, 0.25) is 0 Å². The van der Waals surface area contributed by atoms with Gasteiger partial charge in [-0.25, -0.2) is 4.79 Å². The Morgan fingerprint density at radius 2 is 1.82 bits per heavy atom. The zero-order valence-corrected chi connectivity index (χ0v) is 19.5. The van der Waals surface area contributed by atoms with E-state index in [0.29, 0.717) is 18.6 Å². The predicted octanol–water partition coefficient (Wildman–Crippen LogP) is 1.37. The molecular weight excluding hydrogens is 436 g/mol. The van der Waals surface area contributed by atoms with Crippen LogP contribution in [-0.2, 0) is 42.7 Å². The summed E-state index contributed by atoms with van der Waals surface area (Å²) in [5.74, 6) is -2.65. The molecule has 10 nitrogen and oxygen atoms in total. The fourth-order valence-corrected chi connectivity index (χ4v) is 5.40. The van der Waals surface area contributed by atoms with Gasteiger partial charge in [0.05, 0.1) is 38.1 Å². The van der Waals surface area contributed by atoms with Gasteiger partial charge in [0.25, 0.3) is 0 Å². The van der Waals surface area contributed by atoms with E-state index in [1.165, 1.54) is 13.4 Å². The molecule has 0 bridgehead atoms. The fourth-order valence-electron chi connectivity index (χ4n) is 5.40. The number of aliphatic hydroxyl groups excluding tert-OH is 1. The largest absolute Gasteiger partial charge is 0.471 e. The summed E-state index contributed by atoms with van der Waals surface area (Å²) < 4.78 is 47.7. The molecule has 0 unspecified atom stereocenters. The molecule has 10 heteroatoms. The molecule has 184 valence electrons. The molecule has 5 rings (SSSR count). The topological polar surface area (TPSA) is 111 Å². The van der Waals surface area contributed by atoms with Gasteiger partial charge >= 0.3 is 5.97 Å². The van der Waals surface area contributed by atoms with Gasteiger partial charge < -0.3 is 43.0 Å². The van der Waals surface area contributed by atoms with E-state index in [1.54, 1.807) is 0 Å². The summed E-state index contributed by atoms with van der Waals surface area (Å²) in [7, 11) is 1.33. The third-order valence-electron chi connectivity index (χ3n) is 6.84. The first-order valence-corrected chi connectivity index (χ1v) is 11.3. The molecule has 3 fully saturated rings. The van der Waals surface area contributed by atoms with Crippen LogP contribution in [0.5, 0.6) is 0 Å². The highest BCUT2D eigenvalue weighted by Gasteiger charge is 2.60. The molecular formula is C23H32O10. The number of aliphatic hydroxyl groups is 1. The number of carbonyl (C=O) groups is 1. The number of rotatable bonds is 4. The molecule has 0 saturated carbocycles. The Labute approximate surface area is 192 Å². The average molecular weight is 468 g/mol. The minimum absolute atomic E-state index is 0.162. The van der Waals surface area contributed by atoms with Crippen LogP contribution in [0, 0.1) is 11.8 Å². The standard InChI is InChI=1S/C23H32O10/c1-22(2)28-10-14-16(31-22)17-18(33-23(3,4)32-17)21(29-14)30-20-15-11(8-24)6-7-12(15)13(9-27-20)19(25)26-5/h6,9,12,14-18,20-21,24H,7-8,10H2,1-5H3/t12-,14-,15-,16-,17+,18-,20+,21+/m1/s1. The molecule has 0 spiro atoms. The number of hydrogen-bond donors (Lipinski definition) is 1. The second-order valence-corrected chi connectivity index (χ2v) is 9.91. The van der Waals surface area contributed by atoms with Crippen molar-refractivity contribution >= 4 is 5.97 Å². The van der Waals surface area contributed by atoms with Gasteiger partial charge in [0.15, 0.2) is 17.9 Å². The van der Waals surface area contributed by atoms with Crippen LogP contribution >= 0.6 is 0 Å². The first kappa shape index (κ1) is 23.2. The summed E-state index contributed by atoms with van der Waals surface area (Å²) in [6, 6.07) is 0. The maximum Gasteiger partial charge on any atom is 0.337 e. The van der Waals surface area contributed by atoms with Gasteiger partial charge in [-0.15, -0.1) is 0 Å². The normalized spacial score (nSPS) is 42.8. The lowest BCUT2D eigenvalue weighted by molar-refractivity contribution is -0.384. The summed E-state index contributed by atoms with van der Waals surface area (Å²) >= 11 is 0. The van der Waals surface area contributed by atoms with E-state index in [4.69, 9.17) is 37.9 Å². The van der Waals surface area contributed by atoms with Crippen molar-refractivity contribution in [2.24, 2.45) is 11.8 Å². The molecule has 1 N–H and O–H groups in total. The second-order valence-electron chi connectivity index (χ2n) is 9.91. The number of carbonyl (C=O) groups excluding carboxylic acids is 1. The van der Waals surface area contributed by atoms with Gasteiger partial charge in [-0.1, -0.05) is 6.08 Å². The Kier molecular flexibility index (Phi) is 5.84. The van der Waals surface area contributed by atoms with Crippen LogP contribution in [0.15, 0.2) is 23.5 Å². The van der Waals surface area contributed by atoms with Crippen LogP contribution < -0.4 is 0 Å². The molecule has 33 heavy (non-hydrogen) atoms. The van der Waals surface area contributed by atoms with Crippen LogP contribution in [0.25, 0.3) is 0 Å². The third kappa shape index (κ3) is 4.12. The van der Waals surface area contributed by atoms with Crippen molar-refractivity contribution in [1.82, 2.24) is 0 Å². The summed E-state index contributed by atoms with van der Waals surface area (Å²) in [5, 5.41) is 9.91. The number of methoxy groups -OCH3 is 1. The highest BCUT2D eigenvalue weighted by atomic mass is 16.8. The highest BCUT2D eigenvalue weighted by molar-refractivity contribution is 5.89. The van der Waals surface area contributed by atoms with Crippen molar-refractivity contribution < 1.29 is 47.8 Å². The molecule has 0 amide bonds. The summed E-state index contributed by atoms with van der Waals surface area (Å²) in [6.45, 7) is 7.53. The van der Waals surface area contributed by atoms with Gasteiger partial charge in [0.1, 0.15) is 24.4 Å². The van der Waals surface area contributed by atoms with Crippen molar-refractivity contribution in [1.29, 1.82) is 0 Å². The molecule has 0 aromatic rings. The average Bonchev–Trinajstić information content (AvgIpc) is 3.34. The number of ether oxygens (including phenoxy) is 8. The van der Waals surface area contributed by atoms with Crippen molar-refractivity contribution in [2.75, 3.05) is 20.3 Å². The maximum atomic E-state index is 12.2. The molecule has 4 aliphatic heterocycles. The lowest BCUT2D eigenvalue weighted by atomic mass is 9.83. The molecule has 5 aliphatic rings. The first-order valence-electron chi connectivity index (χ1n) is 11.3. The molecule has 0 radical (unpaired) electrons. The van der Waals surface area contributed by atoms with E-state index >= 15 is 0 Å². The van der Waals surface area contributed by atoms with E-state index in [9.17, 15) is 9.90 Å². The van der Waals surface area contributed by atoms with Gasteiger partial charge in [-0.2, -0.15) is 0 Å². The molecule has 0 aromatic carbocycles. The molecule has 3 saturated heterocycles. The Morgan fingerprint density at radius 1 is 1.09 bits per heavy atom. The third-order valence-corrected chi connectivity index (χ3v) is 6.84. The molecule has 1 aliphatic carbocycles. The van der Waals surface area contributed by atoms with Gasteiger partial charge in [0.2, 0.25) is 6.29 Å². The molecule has 0 aromatic heterocycles. The Hall–Kier alpha value is -1.53. The summed E-state index contributed by atoms with van der Waals surface area (Å²) in [6.07, 6.45) is 0.475. The minimum atomic E-state index is -0.849. The summed E-state index contributed by atoms with van der Waals surface area (Å²) in [4.78, 5) is 12.2. The lowest BCUT2D eigenvalue weighted by Gasteiger charge is -2.49. The second kappa shape index (κ2) is 8.30. The number of hydrogen-bond acceptors (Lipinski definition) is 10. The Balaban J connectivity index is 1.40. The number of fused-ring (bicyclic) bond motifs is 4. The first-order chi connectivity index (χ1) is 15.6. The zero-order chi connectivity index (χ0) is 23.5. The quantitative estimate of drug-likeness (QED) is 0.480. The molecule has 4 heterocycles. The zero-order valence-electron chi connectivity index (χ0n) is 19.5. The van der Waals surface area contributed by atoms with Gasteiger partial charge in [0, 0.05) is 5.92 Å². The number of allylic oxidation sites excluding steroid dienone is 1. The van der Waals surface area contributed by atoms with Crippen molar-refractivity contribution in [3.05, 3.63) is 23.5 Å². The molecule has 8 atom stereocenters. The van der Waals surface area contributed by atoms with E-state index in [-0.39, 0.29) is 24.5 Å². The van der Waals surface area contributed by atoms with Crippen molar-refractivity contribution in [2.45, 2.75) is 82.7 Å². The fraction of sp³-hybridized carbons (Fsp3) is 0.783. The highest BCUT2D eigenvalue weighted by Crippen LogP contribution is 2.46. The maximum absolute atomic E-state index is 12.2. The van der Waals surface area contributed by atoms with Crippen molar-refractivity contribution in [3.63, 3.8) is 0 Å². The van der Waals surface area contributed by atoms with E-state index in [2.05, 4.69) is 0 Å². The van der Waals surface area contributed by atoms with Crippen LogP contribution in [0.4, 0.5) is 0 Å². The van der Waals surface area contributed by atoms with Crippen LogP contribution in [0.3, 0.4) is 0 Å². The van der Waals surface area contributed by atoms with E-state index < -0.39 is 48.4 Å². The van der Waals surface area contributed by atoms with Crippen molar-refractivity contribution in [3.8, 4) is 0 Å². The Morgan fingerprint density at radius 3 is 2.55 bits per heavy atom. The van der Waals surface area contributed by atoms with Gasteiger partial charge in [-0.05, 0) is 39.7 Å². The van der Waals surface area contributed by atoms with Crippen LogP contribution in [-0.4, -0.2) is 80.0 Å². The lowest BCUT2D eigenvalue weighted by Crippen LogP contribution is -2.64. The minimum Gasteiger partial charge on any atom is -0.471 e. The van der Waals surface area contributed by atoms with Crippen LogP contribution in [0.1, 0.15) is 34.1 Å².